The van der Waals surface area contributed by atoms with Crippen molar-refractivity contribution in [3.8, 4) is 5.75 Å². The molecule has 1 aromatic carbocycles. The van der Waals surface area contributed by atoms with E-state index in [1.807, 2.05) is 0 Å². The van der Waals surface area contributed by atoms with Crippen LogP contribution in [0.15, 0.2) is 28.8 Å². The van der Waals surface area contributed by atoms with E-state index in [9.17, 15) is 14.7 Å². The second-order valence-electron chi connectivity index (χ2n) is 8.18. The number of methoxy groups -OCH3 is 2. The van der Waals surface area contributed by atoms with Gasteiger partial charge >= 0.3 is 17.8 Å². The van der Waals surface area contributed by atoms with Crippen LogP contribution >= 0.6 is 0 Å². The first-order valence-electron chi connectivity index (χ1n) is 9.48. The number of benzene rings is 1. The summed E-state index contributed by atoms with van der Waals surface area (Å²) in [5.74, 6) is -1.18. The lowest BCUT2D eigenvalue weighted by molar-refractivity contribution is -0.156. The molecule has 0 fully saturated rings. The van der Waals surface area contributed by atoms with E-state index in [-0.39, 0.29) is 24.5 Å². The number of aromatic nitrogens is 3. The molecule has 2 heterocycles. The number of hydrogen-bond acceptors (Lipinski definition) is 9. The smallest absolute Gasteiger partial charge is 0.396 e. The monoisotopic (exact) mass is 431 g/mol. The molecule has 0 aliphatic carbocycles. The van der Waals surface area contributed by atoms with Crippen molar-refractivity contribution in [2.75, 3.05) is 14.2 Å². The molecule has 0 saturated heterocycles. The number of hydrogen-bond donors (Lipinski definition) is 1. The summed E-state index contributed by atoms with van der Waals surface area (Å²) in [6, 6.07) is 5.27. The van der Waals surface area contributed by atoms with Crippen LogP contribution in [0.2, 0.25) is 0 Å². The maximum atomic E-state index is 12.2. The molecule has 0 saturated carbocycles. The van der Waals surface area contributed by atoms with Crippen molar-refractivity contribution in [2.24, 2.45) is 5.41 Å². The molecule has 0 amide bonds. The predicted octanol–water partition coefficient (Wildman–Crippen LogP) is 2.62. The molecule has 0 spiro atoms. The van der Waals surface area contributed by atoms with Gasteiger partial charge in [0.15, 0.2) is 12.3 Å². The summed E-state index contributed by atoms with van der Waals surface area (Å²) in [7, 11) is 2.71. The Morgan fingerprint density at radius 3 is 2.48 bits per heavy atom. The van der Waals surface area contributed by atoms with Gasteiger partial charge in [0.1, 0.15) is 5.75 Å². The number of carbonyl (C=O) groups is 2. The number of rotatable bonds is 6. The fourth-order valence-electron chi connectivity index (χ4n) is 2.95. The van der Waals surface area contributed by atoms with Crippen LogP contribution in [0.4, 0.5) is 0 Å². The maximum absolute atomic E-state index is 12.2. The zero-order valence-electron chi connectivity index (χ0n) is 18.3. The molecule has 1 N–H and O–H groups in total. The van der Waals surface area contributed by atoms with Gasteiger partial charge in [-0.3, -0.25) is 4.79 Å². The van der Waals surface area contributed by atoms with Gasteiger partial charge in [-0.15, -0.1) is 10.2 Å². The summed E-state index contributed by atoms with van der Waals surface area (Å²) >= 11 is 0. The number of ether oxygens (including phenoxy) is 3. The summed E-state index contributed by atoms with van der Waals surface area (Å²) in [6.45, 7) is 6.68. The minimum Gasteiger partial charge on any atom is -0.497 e. The van der Waals surface area contributed by atoms with E-state index >= 15 is 0 Å². The van der Waals surface area contributed by atoms with Crippen molar-refractivity contribution in [3.63, 3.8) is 0 Å². The molecule has 0 radical (unpaired) electrons. The molecule has 0 aliphatic heterocycles. The molecule has 10 heteroatoms. The zero-order valence-corrected chi connectivity index (χ0v) is 18.3. The summed E-state index contributed by atoms with van der Waals surface area (Å²) in [5.41, 5.74) is -1.34. The van der Waals surface area contributed by atoms with Gasteiger partial charge in [0.2, 0.25) is 0 Å². The first kappa shape index (κ1) is 22.3. The van der Waals surface area contributed by atoms with E-state index in [1.165, 1.54) is 21.1 Å². The fraction of sp³-hybridized carbons (Fsp3) is 0.429. The largest absolute Gasteiger partial charge is 0.497 e. The molecule has 0 aliphatic rings. The van der Waals surface area contributed by atoms with Gasteiger partial charge in [-0.25, -0.2) is 4.79 Å². The minimum absolute atomic E-state index is 0.0632. The van der Waals surface area contributed by atoms with Crippen LogP contribution in [0, 0.1) is 5.41 Å². The zero-order chi connectivity index (χ0) is 23.0. The summed E-state index contributed by atoms with van der Waals surface area (Å²) in [4.78, 5) is 23.9. The van der Waals surface area contributed by atoms with Gasteiger partial charge in [-0.1, -0.05) is 0 Å². The Morgan fingerprint density at radius 2 is 1.87 bits per heavy atom. The Bertz CT molecular complexity index is 1120. The molecule has 1 unspecified atom stereocenters. The third-order valence-electron chi connectivity index (χ3n) is 4.76. The van der Waals surface area contributed by atoms with Crippen LogP contribution < -0.4 is 4.74 Å². The van der Waals surface area contributed by atoms with Gasteiger partial charge in [0, 0.05) is 17.1 Å². The Kier molecular flexibility index (Phi) is 5.77. The van der Waals surface area contributed by atoms with Crippen LogP contribution in [-0.2, 0) is 26.6 Å². The highest BCUT2D eigenvalue weighted by atomic mass is 16.5. The molecule has 0 bridgehead atoms. The second-order valence-corrected chi connectivity index (χ2v) is 8.18. The van der Waals surface area contributed by atoms with Crippen LogP contribution in [0.1, 0.15) is 49.8 Å². The highest BCUT2D eigenvalue weighted by Gasteiger charge is 2.36. The third kappa shape index (κ3) is 4.24. The molecule has 31 heavy (non-hydrogen) atoms. The molecule has 1 atom stereocenters. The van der Waals surface area contributed by atoms with E-state index in [0.717, 1.165) is 0 Å². The average molecular weight is 431 g/mol. The van der Waals surface area contributed by atoms with Gasteiger partial charge in [0.25, 0.3) is 5.89 Å². The molecule has 3 rings (SSSR count). The topological polar surface area (TPSA) is 126 Å². The highest BCUT2D eigenvalue weighted by Crippen LogP contribution is 2.36. The Balaban J connectivity index is 2.07. The van der Waals surface area contributed by atoms with Crippen molar-refractivity contribution >= 4 is 22.8 Å². The quantitative estimate of drug-likeness (QED) is 0.586. The van der Waals surface area contributed by atoms with E-state index in [0.29, 0.717) is 22.2 Å². The van der Waals surface area contributed by atoms with Crippen molar-refractivity contribution in [3.05, 3.63) is 41.7 Å². The van der Waals surface area contributed by atoms with E-state index < -0.39 is 17.0 Å². The van der Waals surface area contributed by atoms with E-state index in [1.54, 1.807) is 49.7 Å². The number of nitrogens with zero attached hydrogens (tertiary/aromatic N) is 3. The Morgan fingerprint density at radius 1 is 1.16 bits per heavy atom. The molecule has 3 aromatic rings. The molecular weight excluding hydrogens is 406 g/mol. The van der Waals surface area contributed by atoms with Crippen molar-refractivity contribution in [2.45, 2.75) is 40.0 Å². The van der Waals surface area contributed by atoms with Crippen molar-refractivity contribution < 1.29 is 33.3 Å². The Labute approximate surface area is 178 Å². The lowest BCUT2D eigenvalue weighted by atomic mass is 9.95. The van der Waals surface area contributed by atoms with E-state index in [4.69, 9.17) is 13.9 Å². The summed E-state index contributed by atoms with van der Waals surface area (Å²) < 4.78 is 22.3. The minimum atomic E-state index is -1.76. The lowest BCUT2D eigenvalue weighted by Gasteiger charge is -2.18. The SMILES string of the molecule is COC(=O)c1nnc(C(C)(O)c2cn(COC(=O)C(C)(C)C)c3ccc(OC)cc23)o1. The Hall–Kier alpha value is -3.40. The number of esters is 2. The van der Waals surface area contributed by atoms with Crippen LogP contribution in [0.25, 0.3) is 10.9 Å². The maximum Gasteiger partial charge on any atom is 0.396 e. The second kappa shape index (κ2) is 8.03. The van der Waals surface area contributed by atoms with Gasteiger partial charge in [-0.05, 0) is 45.9 Å². The highest BCUT2D eigenvalue weighted by molar-refractivity contribution is 5.87. The van der Waals surface area contributed by atoms with Crippen molar-refractivity contribution in [1.82, 2.24) is 14.8 Å². The number of carbonyl (C=O) groups excluding carboxylic acids is 2. The molecular formula is C21H25N3O7. The summed E-state index contributed by atoms with van der Waals surface area (Å²) in [5, 5.41) is 19.4. The first-order valence-corrected chi connectivity index (χ1v) is 9.48. The average Bonchev–Trinajstić information content (AvgIpc) is 3.36. The number of aliphatic hydroxyl groups is 1. The van der Waals surface area contributed by atoms with E-state index in [2.05, 4.69) is 14.9 Å². The van der Waals surface area contributed by atoms with Gasteiger partial charge < -0.3 is 28.3 Å². The predicted molar refractivity (Wildman–Crippen MR) is 108 cm³/mol. The van der Waals surface area contributed by atoms with Crippen LogP contribution in [0.3, 0.4) is 0 Å². The third-order valence-corrected chi connectivity index (χ3v) is 4.76. The molecule has 2 aromatic heterocycles. The van der Waals surface area contributed by atoms with Crippen molar-refractivity contribution in [1.29, 1.82) is 0 Å². The molecule has 166 valence electrons. The van der Waals surface area contributed by atoms with Crippen LogP contribution in [-0.4, -0.2) is 46.0 Å². The standard InChI is InChI=1S/C21H25N3O7/c1-20(2,3)19(26)30-11-24-10-14(13-9-12(28-5)7-8-15(13)24)21(4,27)18-23-22-16(31-18)17(25)29-6/h7-10,27H,11H2,1-6H3. The summed E-state index contributed by atoms with van der Waals surface area (Å²) in [6.07, 6.45) is 1.63. The van der Waals surface area contributed by atoms with Gasteiger partial charge in [0.05, 0.1) is 25.2 Å². The van der Waals surface area contributed by atoms with Gasteiger partial charge in [-0.2, -0.15) is 0 Å². The fourth-order valence-corrected chi connectivity index (χ4v) is 2.95. The number of fused-ring (bicyclic) bond motifs is 1. The van der Waals surface area contributed by atoms with Crippen LogP contribution in [0.5, 0.6) is 5.75 Å². The molecule has 10 nitrogen and oxygen atoms in total. The normalized spacial score (nSPS) is 13.6. The first-order chi connectivity index (χ1) is 14.5. The lowest BCUT2D eigenvalue weighted by Crippen LogP contribution is -2.24.